The van der Waals surface area contributed by atoms with Crippen LogP contribution in [-0.2, 0) is 11.3 Å². The molecule has 0 aliphatic carbocycles. The smallest absolute Gasteiger partial charge is 0.255 e. The van der Waals surface area contributed by atoms with Gasteiger partial charge in [-0.25, -0.2) is 0 Å². The number of hydrogen-bond donors (Lipinski definition) is 1. The number of carbonyl (C=O) groups is 1. The molecule has 1 aromatic carbocycles. The summed E-state index contributed by atoms with van der Waals surface area (Å²) in [4.78, 5) is 12.2. The van der Waals surface area contributed by atoms with Crippen molar-refractivity contribution in [1.29, 1.82) is 0 Å². The fourth-order valence-corrected chi connectivity index (χ4v) is 2.68. The number of nitrogens with one attached hydrogen (secondary N) is 1. The lowest BCUT2D eigenvalue weighted by atomic mass is 10.1. The molecule has 1 N–H and O–H groups in total. The lowest BCUT2D eigenvalue weighted by Gasteiger charge is -2.22. The van der Waals surface area contributed by atoms with Crippen LogP contribution in [0.25, 0.3) is 0 Å². The summed E-state index contributed by atoms with van der Waals surface area (Å²) in [5.41, 5.74) is 2.43. The summed E-state index contributed by atoms with van der Waals surface area (Å²) in [5.74, 6) is -0.114. The van der Waals surface area contributed by atoms with Crippen molar-refractivity contribution in [3.63, 3.8) is 0 Å². The third-order valence-electron chi connectivity index (χ3n) is 3.84. The Labute approximate surface area is 130 Å². The molecule has 22 heavy (non-hydrogen) atoms. The molecule has 116 valence electrons. The van der Waals surface area contributed by atoms with E-state index in [1.54, 1.807) is 6.20 Å². The van der Waals surface area contributed by atoms with Gasteiger partial charge in [0.1, 0.15) is 0 Å². The number of rotatable bonds is 4. The first-order valence-corrected chi connectivity index (χ1v) is 7.73. The molecule has 1 aliphatic rings. The van der Waals surface area contributed by atoms with Crippen LogP contribution in [0.15, 0.2) is 36.7 Å². The van der Waals surface area contributed by atoms with Crippen molar-refractivity contribution >= 4 is 11.6 Å². The number of benzene rings is 1. The molecule has 5 heteroatoms. The Hall–Kier alpha value is -2.14. The normalized spacial score (nSPS) is 18.1. The summed E-state index contributed by atoms with van der Waals surface area (Å²) < 4.78 is 7.54. The van der Waals surface area contributed by atoms with Gasteiger partial charge in [0.25, 0.3) is 5.91 Å². The minimum atomic E-state index is -0.114. The van der Waals surface area contributed by atoms with E-state index in [1.807, 2.05) is 42.1 Å². The van der Waals surface area contributed by atoms with E-state index in [-0.39, 0.29) is 12.0 Å². The van der Waals surface area contributed by atoms with Crippen LogP contribution in [0.3, 0.4) is 0 Å². The number of nitrogens with zero attached hydrogens (tertiary/aromatic N) is 2. The van der Waals surface area contributed by atoms with E-state index in [2.05, 4.69) is 10.4 Å². The Kier molecular flexibility index (Phi) is 4.53. The molecule has 0 saturated carbocycles. The molecule has 0 spiro atoms. The summed E-state index contributed by atoms with van der Waals surface area (Å²) in [5, 5.41) is 7.18. The van der Waals surface area contributed by atoms with Crippen LogP contribution in [0.1, 0.15) is 35.2 Å². The van der Waals surface area contributed by atoms with Gasteiger partial charge in [0.2, 0.25) is 0 Å². The van der Waals surface area contributed by atoms with Crippen LogP contribution >= 0.6 is 0 Å². The Bertz CT molecular complexity index is 645. The SMILES string of the molecule is Cc1cccc(C(=O)Nc2cnn(C[C@@H]3CCCCO3)c2)c1. The van der Waals surface area contributed by atoms with Gasteiger partial charge >= 0.3 is 0 Å². The van der Waals surface area contributed by atoms with E-state index < -0.39 is 0 Å². The maximum absolute atomic E-state index is 12.2. The Morgan fingerprint density at radius 1 is 1.45 bits per heavy atom. The maximum Gasteiger partial charge on any atom is 0.255 e. The number of carbonyl (C=O) groups excluding carboxylic acids is 1. The van der Waals surface area contributed by atoms with Crippen LogP contribution in [0.4, 0.5) is 5.69 Å². The highest BCUT2D eigenvalue weighted by Crippen LogP contribution is 2.15. The van der Waals surface area contributed by atoms with Gasteiger partial charge in [0, 0.05) is 18.4 Å². The highest BCUT2D eigenvalue weighted by Gasteiger charge is 2.15. The van der Waals surface area contributed by atoms with Crippen molar-refractivity contribution in [3.8, 4) is 0 Å². The van der Waals surface area contributed by atoms with Crippen molar-refractivity contribution in [2.45, 2.75) is 38.8 Å². The molecule has 1 fully saturated rings. The first-order valence-electron chi connectivity index (χ1n) is 7.73. The lowest BCUT2D eigenvalue weighted by Crippen LogP contribution is -2.24. The van der Waals surface area contributed by atoms with Crippen molar-refractivity contribution in [3.05, 3.63) is 47.8 Å². The highest BCUT2D eigenvalue weighted by atomic mass is 16.5. The number of anilines is 1. The fourth-order valence-electron chi connectivity index (χ4n) is 2.68. The largest absolute Gasteiger partial charge is 0.376 e. The summed E-state index contributed by atoms with van der Waals surface area (Å²) in [6, 6.07) is 7.53. The topological polar surface area (TPSA) is 56.2 Å². The van der Waals surface area contributed by atoms with Gasteiger partial charge in [0.05, 0.1) is 24.5 Å². The summed E-state index contributed by atoms with van der Waals surface area (Å²) in [7, 11) is 0. The second kappa shape index (κ2) is 6.75. The number of ether oxygens (including phenoxy) is 1. The number of aromatic nitrogens is 2. The molecule has 0 radical (unpaired) electrons. The minimum Gasteiger partial charge on any atom is -0.376 e. The molecule has 1 amide bonds. The maximum atomic E-state index is 12.2. The second-order valence-electron chi connectivity index (χ2n) is 5.76. The number of hydrogen-bond acceptors (Lipinski definition) is 3. The molecule has 0 bridgehead atoms. The van der Waals surface area contributed by atoms with E-state index in [0.29, 0.717) is 11.3 Å². The van der Waals surface area contributed by atoms with Crippen LogP contribution in [0.5, 0.6) is 0 Å². The van der Waals surface area contributed by atoms with Crippen LogP contribution in [0.2, 0.25) is 0 Å². The van der Waals surface area contributed by atoms with Crippen molar-refractivity contribution in [2.75, 3.05) is 11.9 Å². The quantitative estimate of drug-likeness (QED) is 0.944. The molecular weight excluding hydrogens is 278 g/mol. The van der Waals surface area contributed by atoms with Crippen LogP contribution in [-0.4, -0.2) is 28.4 Å². The number of aryl methyl sites for hydroxylation is 1. The molecule has 3 rings (SSSR count). The molecule has 1 aromatic heterocycles. The third-order valence-corrected chi connectivity index (χ3v) is 3.84. The van der Waals surface area contributed by atoms with Crippen molar-refractivity contribution in [1.82, 2.24) is 9.78 Å². The van der Waals surface area contributed by atoms with Gasteiger partial charge in [-0.2, -0.15) is 5.10 Å². The summed E-state index contributed by atoms with van der Waals surface area (Å²) in [6.45, 7) is 3.54. The van der Waals surface area contributed by atoms with Gasteiger partial charge in [-0.15, -0.1) is 0 Å². The van der Waals surface area contributed by atoms with Gasteiger partial charge in [-0.3, -0.25) is 9.48 Å². The molecule has 2 aromatic rings. The Morgan fingerprint density at radius 2 is 2.36 bits per heavy atom. The average molecular weight is 299 g/mol. The van der Waals surface area contributed by atoms with Gasteiger partial charge in [0.15, 0.2) is 0 Å². The fraction of sp³-hybridized carbons (Fsp3) is 0.412. The average Bonchev–Trinajstić information content (AvgIpc) is 2.95. The van der Waals surface area contributed by atoms with Gasteiger partial charge in [-0.05, 0) is 38.3 Å². The third kappa shape index (κ3) is 3.74. The second-order valence-corrected chi connectivity index (χ2v) is 5.76. The first kappa shape index (κ1) is 14.8. The van der Waals surface area contributed by atoms with Crippen LogP contribution < -0.4 is 5.32 Å². The van der Waals surface area contributed by atoms with Crippen molar-refractivity contribution < 1.29 is 9.53 Å². The zero-order valence-electron chi connectivity index (χ0n) is 12.8. The zero-order chi connectivity index (χ0) is 15.4. The van der Waals surface area contributed by atoms with E-state index in [9.17, 15) is 4.79 Å². The molecule has 1 atom stereocenters. The molecular formula is C17H21N3O2. The molecule has 1 aliphatic heterocycles. The van der Waals surface area contributed by atoms with E-state index in [4.69, 9.17) is 4.74 Å². The van der Waals surface area contributed by atoms with Gasteiger partial charge in [-0.1, -0.05) is 17.7 Å². The summed E-state index contributed by atoms with van der Waals surface area (Å²) >= 11 is 0. The van der Waals surface area contributed by atoms with E-state index in [1.165, 1.54) is 6.42 Å². The van der Waals surface area contributed by atoms with Crippen LogP contribution in [0, 0.1) is 6.92 Å². The first-order chi connectivity index (χ1) is 10.7. The zero-order valence-corrected chi connectivity index (χ0v) is 12.8. The Morgan fingerprint density at radius 3 is 3.14 bits per heavy atom. The molecule has 1 saturated heterocycles. The lowest BCUT2D eigenvalue weighted by molar-refractivity contribution is 0.00401. The van der Waals surface area contributed by atoms with E-state index >= 15 is 0 Å². The molecule has 2 heterocycles. The van der Waals surface area contributed by atoms with Gasteiger partial charge < -0.3 is 10.1 Å². The Balaban J connectivity index is 1.60. The number of amides is 1. The predicted molar refractivity (Wildman–Crippen MR) is 85.0 cm³/mol. The minimum absolute atomic E-state index is 0.114. The standard InChI is InChI=1S/C17H21N3O2/c1-13-5-4-6-14(9-13)17(21)19-15-10-18-20(11-15)12-16-7-2-3-8-22-16/h4-6,9-11,16H,2-3,7-8,12H2,1H3,(H,19,21)/t16-/m0/s1. The monoisotopic (exact) mass is 299 g/mol. The summed E-state index contributed by atoms with van der Waals surface area (Å²) in [6.07, 6.45) is 7.19. The predicted octanol–water partition coefficient (Wildman–Crippen LogP) is 3.01. The van der Waals surface area contributed by atoms with Crippen molar-refractivity contribution in [2.24, 2.45) is 0 Å². The highest BCUT2D eigenvalue weighted by molar-refractivity contribution is 6.04. The molecule has 5 nitrogen and oxygen atoms in total. The molecule has 0 unspecified atom stereocenters. The van der Waals surface area contributed by atoms with E-state index in [0.717, 1.165) is 31.6 Å².